The predicted octanol–water partition coefficient (Wildman–Crippen LogP) is 0.701. The summed E-state index contributed by atoms with van der Waals surface area (Å²) in [5.74, 6) is -0.0713. The van der Waals surface area contributed by atoms with E-state index in [-0.39, 0.29) is 12.3 Å². The van der Waals surface area contributed by atoms with Gasteiger partial charge in [0.15, 0.2) is 6.29 Å². The average Bonchev–Trinajstić information content (AvgIpc) is 2.70. The van der Waals surface area contributed by atoms with Gasteiger partial charge in [-0.25, -0.2) is 0 Å². The number of hydrogen-bond donors (Lipinski definition) is 5. The number of aliphatic hydroxyl groups is 5. The molecule has 0 aliphatic heterocycles. The molecule has 8 nitrogen and oxygen atoms in total. The lowest BCUT2D eigenvalue weighted by Gasteiger charge is -2.22. The second kappa shape index (κ2) is 19.7. The van der Waals surface area contributed by atoms with Gasteiger partial charge in [0.05, 0.1) is 13.7 Å². The molecule has 27 heavy (non-hydrogen) atoms. The number of unbranched alkanes of at least 4 members (excludes halogenated alkanes) is 8. The third kappa shape index (κ3) is 16.8. The smallest absolute Gasteiger partial charge is 0.305 e. The van der Waals surface area contributed by atoms with Gasteiger partial charge in [-0.2, -0.15) is 0 Å². The highest BCUT2D eigenvalue weighted by Gasteiger charge is 2.29. The van der Waals surface area contributed by atoms with Crippen molar-refractivity contribution in [2.45, 2.75) is 95.5 Å². The molecule has 0 spiro atoms. The minimum atomic E-state index is -1.79. The Bertz CT molecular complexity index is 351. The van der Waals surface area contributed by atoms with Crippen molar-refractivity contribution in [3.05, 3.63) is 0 Å². The molecule has 0 saturated heterocycles. The van der Waals surface area contributed by atoms with Crippen molar-refractivity contribution in [3.63, 3.8) is 0 Å². The number of esters is 1. The maximum absolute atomic E-state index is 10.8. The molecular weight excluding hydrogens is 356 g/mol. The fourth-order valence-corrected chi connectivity index (χ4v) is 2.30. The summed E-state index contributed by atoms with van der Waals surface area (Å²) in [5, 5.41) is 43.5. The molecule has 0 heterocycles. The minimum absolute atomic E-state index is 0.0258. The number of hydrogen-bond acceptors (Lipinski definition) is 8. The van der Waals surface area contributed by atoms with Gasteiger partial charge in [0.25, 0.3) is 0 Å². The van der Waals surface area contributed by atoms with Gasteiger partial charge in [-0.05, 0) is 6.42 Å². The summed E-state index contributed by atoms with van der Waals surface area (Å²) >= 11 is 0. The molecule has 0 saturated carbocycles. The van der Waals surface area contributed by atoms with Crippen LogP contribution in [-0.2, 0) is 14.3 Å². The summed E-state index contributed by atoms with van der Waals surface area (Å²) < 4.78 is 4.58. The Morgan fingerprint density at radius 2 is 1.37 bits per heavy atom. The molecule has 0 aliphatic carbocycles. The molecule has 0 rings (SSSR count). The first-order valence-electron chi connectivity index (χ1n) is 9.70. The summed E-state index contributed by atoms with van der Waals surface area (Å²) in [4.78, 5) is 20.7. The van der Waals surface area contributed by atoms with Crippen LogP contribution in [0.3, 0.4) is 0 Å². The molecule has 0 aromatic heterocycles. The molecule has 0 amide bonds. The van der Waals surface area contributed by atoms with Crippen molar-refractivity contribution < 1.29 is 39.9 Å². The molecule has 4 atom stereocenters. The number of methoxy groups -OCH3 is 1. The van der Waals surface area contributed by atoms with E-state index in [2.05, 4.69) is 11.7 Å². The van der Waals surface area contributed by atoms with Gasteiger partial charge < -0.3 is 35.1 Å². The Labute approximate surface area is 162 Å². The van der Waals surface area contributed by atoms with E-state index < -0.39 is 31.0 Å². The summed E-state index contributed by atoms with van der Waals surface area (Å²) in [5.41, 5.74) is 0. The first-order valence-corrected chi connectivity index (χ1v) is 9.70. The van der Waals surface area contributed by atoms with Crippen LogP contribution in [0.15, 0.2) is 0 Å². The first-order chi connectivity index (χ1) is 12.8. The summed E-state index contributed by atoms with van der Waals surface area (Å²) in [6.45, 7) is 1.48. The van der Waals surface area contributed by atoms with Crippen LogP contribution in [0.25, 0.3) is 0 Å². The lowest BCUT2D eigenvalue weighted by atomic mass is 10.0. The number of rotatable bonds is 15. The Morgan fingerprint density at radius 3 is 1.78 bits per heavy atom. The second-order valence-electron chi connectivity index (χ2n) is 6.51. The highest BCUT2D eigenvalue weighted by Crippen LogP contribution is 2.10. The first kappa shape index (κ1) is 28.2. The van der Waals surface area contributed by atoms with Crippen LogP contribution in [-0.4, -0.2) is 75.9 Å². The van der Waals surface area contributed by atoms with Crippen molar-refractivity contribution in [2.75, 3.05) is 13.7 Å². The molecule has 0 radical (unpaired) electrons. The van der Waals surface area contributed by atoms with Gasteiger partial charge in [-0.1, -0.05) is 58.3 Å². The van der Waals surface area contributed by atoms with E-state index in [0.717, 1.165) is 6.42 Å². The summed E-state index contributed by atoms with van der Waals surface area (Å²) in [6, 6.07) is 0. The zero-order valence-corrected chi connectivity index (χ0v) is 16.6. The van der Waals surface area contributed by atoms with Crippen molar-refractivity contribution in [2.24, 2.45) is 0 Å². The van der Waals surface area contributed by atoms with Gasteiger partial charge in [0, 0.05) is 6.42 Å². The Kier molecular flexibility index (Phi) is 20.5. The van der Waals surface area contributed by atoms with Gasteiger partial charge in [-0.15, -0.1) is 0 Å². The number of aliphatic hydroxyl groups excluding tert-OH is 5. The molecular formula is C19H38O8. The van der Waals surface area contributed by atoms with E-state index >= 15 is 0 Å². The van der Waals surface area contributed by atoms with Crippen LogP contribution in [0.5, 0.6) is 0 Å². The van der Waals surface area contributed by atoms with E-state index in [1.807, 2.05) is 0 Å². The molecule has 0 aromatic carbocycles. The van der Waals surface area contributed by atoms with Crippen molar-refractivity contribution in [1.29, 1.82) is 0 Å². The van der Waals surface area contributed by atoms with E-state index in [9.17, 15) is 9.59 Å². The van der Waals surface area contributed by atoms with Crippen molar-refractivity contribution >= 4 is 12.3 Å². The zero-order chi connectivity index (χ0) is 21.1. The molecule has 0 aromatic rings. The standard InChI is InChI=1S/C13H26O2.C6H12O6/c1-3-4-5-6-7-8-9-10-11-12-13(14)15-2;7-1-3(9)5(11)6(12)4(10)2-8/h3-12H2,1-2H3;1,3-6,8-12H,2H2. The summed E-state index contributed by atoms with van der Waals surface area (Å²) in [6.07, 6.45) is 5.32. The van der Waals surface area contributed by atoms with Crippen molar-refractivity contribution in [3.8, 4) is 0 Å². The fraction of sp³-hybridized carbons (Fsp3) is 0.895. The fourth-order valence-electron chi connectivity index (χ4n) is 2.30. The molecule has 8 heteroatoms. The van der Waals surface area contributed by atoms with E-state index in [1.165, 1.54) is 58.5 Å². The highest BCUT2D eigenvalue weighted by molar-refractivity contribution is 5.68. The quantitative estimate of drug-likeness (QED) is 0.155. The highest BCUT2D eigenvalue weighted by atomic mass is 16.5. The van der Waals surface area contributed by atoms with Crippen LogP contribution in [0.1, 0.15) is 71.1 Å². The largest absolute Gasteiger partial charge is 0.469 e. The molecule has 0 fully saturated rings. The average molecular weight is 395 g/mol. The Hall–Kier alpha value is -1.06. The third-order valence-electron chi connectivity index (χ3n) is 4.13. The SMILES string of the molecule is CCCCCCCCCCCC(=O)OC.O=CC(O)C(O)C(O)C(O)CO. The van der Waals surface area contributed by atoms with E-state index in [0.29, 0.717) is 6.42 Å². The van der Waals surface area contributed by atoms with Crippen LogP contribution >= 0.6 is 0 Å². The lowest BCUT2D eigenvalue weighted by Crippen LogP contribution is -2.46. The van der Waals surface area contributed by atoms with E-state index in [1.54, 1.807) is 0 Å². The van der Waals surface area contributed by atoms with Crippen LogP contribution in [0.4, 0.5) is 0 Å². The van der Waals surface area contributed by atoms with Crippen molar-refractivity contribution in [1.82, 2.24) is 0 Å². The van der Waals surface area contributed by atoms with Gasteiger partial charge >= 0.3 is 5.97 Å². The Morgan fingerprint density at radius 1 is 0.889 bits per heavy atom. The van der Waals surface area contributed by atoms with Crippen LogP contribution < -0.4 is 0 Å². The molecule has 162 valence electrons. The van der Waals surface area contributed by atoms with Gasteiger partial charge in [0.1, 0.15) is 24.4 Å². The van der Waals surface area contributed by atoms with E-state index in [4.69, 9.17) is 25.5 Å². The maximum Gasteiger partial charge on any atom is 0.305 e. The zero-order valence-electron chi connectivity index (χ0n) is 16.6. The summed E-state index contributed by atoms with van der Waals surface area (Å²) in [7, 11) is 1.45. The minimum Gasteiger partial charge on any atom is -0.469 e. The second-order valence-corrected chi connectivity index (χ2v) is 6.51. The molecule has 0 bridgehead atoms. The molecule has 4 unspecified atom stereocenters. The normalized spacial score (nSPS) is 15.1. The molecule has 0 aliphatic rings. The number of aldehydes is 1. The lowest BCUT2D eigenvalue weighted by molar-refractivity contribution is -0.140. The topological polar surface area (TPSA) is 145 Å². The molecule has 5 N–H and O–H groups in total. The predicted molar refractivity (Wildman–Crippen MR) is 101 cm³/mol. The number of carbonyl (C=O) groups excluding carboxylic acids is 2. The Balaban J connectivity index is 0. The van der Waals surface area contributed by atoms with Crippen LogP contribution in [0, 0.1) is 0 Å². The third-order valence-corrected chi connectivity index (χ3v) is 4.13. The maximum atomic E-state index is 10.8. The number of ether oxygens (including phenoxy) is 1. The van der Waals surface area contributed by atoms with Gasteiger partial charge in [0.2, 0.25) is 0 Å². The van der Waals surface area contributed by atoms with Gasteiger partial charge in [-0.3, -0.25) is 4.79 Å². The number of carbonyl (C=O) groups is 2. The van der Waals surface area contributed by atoms with Crippen LogP contribution in [0.2, 0.25) is 0 Å². The monoisotopic (exact) mass is 394 g/mol.